The zero-order valence-electron chi connectivity index (χ0n) is 21.7. The Labute approximate surface area is 229 Å². The average molecular weight is 547 g/mol. The minimum Gasteiger partial charge on any atom is -0.497 e. The number of benzene rings is 3. The highest BCUT2D eigenvalue weighted by Crippen LogP contribution is 2.40. The molecule has 0 unspecified atom stereocenters. The van der Waals surface area contributed by atoms with Crippen molar-refractivity contribution in [2.24, 2.45) is 10.1 Å². The fourth-order valence-corrected chi connectivity index (χ4v) is 5.55. The summed E-state index contributed by atoms with van der Waals surface area (Å²) in [7, 11) is 3.15. The topological polar surface area (TPSA) is 92.6 Å². The van der Waals surface area contributed by atoms with Gasteiger partial charge in [0.2, 0.25) is 5.91 Å². The van der Waals surface area contributed by atoms with E-state index >= 15 is 0 Å². The van der Waals surface area contributed by atoms with Crippen LogP contribution in [0.3, 0.4) is 0 Å². The van der Waals surface area contributed by atoms with Gasteiger partial charge in [-0.2, -0.15) is 10.1 Å². The normalized spacial score (nSPS) is 18.6. The zero-order chi connectivity index (χ0) is 27.5. The summed E-state index contributed by atoms with van der Waals surface area (Å²) >= 11 is 1.18. The molecule has 10 heteroatoms. The number of amidine groups is 1. The van der Waals surface area contributed by atoms with Crippen molar-refractivity contribution in [1.82, 2.24) is 5.01 Å². The number of thioether (sulfide) groups is 1. The standard InChI is InChI=1S/C29H27FN4O4S/c1-17-7-9-20(10-8-17)31-27(35)16-26-28(36)32-29(39-26)34-24(18-5-4-6-19(30)13-18)15-23(33-34)22-14-21(37-2)11-12-25(22)38-3/h4-14,24,26H,15-16H2,1-3H3,(H,31,35)/t24-,26+/m1/s1. The molecule has 2 atom stereocenters. The summed E-state index contributed by atoms with van der Waals surface area (Å²) < 4.78 is 25.2. The highest BCUT2D eigenvalue weighted by Gasteiger charge is 2.39. The fraction of sp³-hybridized carbons (Fsp3) is 0.241. The van der Waals surface area contributed by atoms with E-state index in [0.29, 0.717) is 40.1 Å². The van der Waals surface area contributed by atoms with Crippen molar-refractivity contribution in [3.05, 3.63) is 89.2 Å². The molecule has 2 aliphatic heterocycles. The Morgan fingerprint density at radius 1 is 1.10 bits per heavy atom. The van der Waals surface area contributed by atoms with Gasteiger partial charge in [0.25, 0.3) is 5.91 Å². The number of carbonyl (C=O) groups excluding carboxylic acids is 2. The first-order valence-corrected chi connectivity index (χ1v) is 13.2. The number of anilines is 1. The fourth-order valence-electron chi connectivity index (χ4n) is 4.48. The Morgan fingerprint density at radius 2 is 1.90 bits per heavy atom. The molecule has 2 aliphatic rings. The minimum atomic E-state index is -0.691. The molecule has 8 nitrogen and oxygen atoms in total. The molecule has 0 saturated heterocycles. The predicted octanol–water partition coefficient (Wildman–Crippen LogP) is 5.33. The molecule has 2 heterocycles. The van der Waals surface area contributed by atoms with Gasteiger partial charge in [0.05, 0.1) is 26.0 Å². The van der Waals surface area contributed by atoms with E-state index in [2.05, 4.69) is 10.3 Å². The molecule has 1 N–H and O–H groups in total. The summed E-state index contributed by atoms with van der Waals surface area (Å²) in [6.45, 7) is 1.96. The highest BCUT2D eigenvalue weighted by atomic mass is 32.2. The molecular weight excluding hydrogens is 519 g/mol. The Morgan fingerprint density at radius 3 is 2.62 bits per heavy atom. The third kappa shape index (κ3) is 5.80. The maximum atomic E-state index is 14.2. The molecule has 0 bridgehead atoms. The Balaban J connectivity index is 1.40. The number of ether oxygens (including phenoxy) is 2. The van der Waals surface area contributed by atoms with Crippen LogP contribution in [0, 0.1) is 12.7 Å². The van der Waals surface area contributed by atoms with Crippen LogP contribution in [-0.2, 0) is 9.59 Å². The van der Waals surface area contributed by atoms with Gasteiger partial charge in [-0.15, -0.1) is 0 Å². The van der Waals surface area contributed by atoms with E-state index in [1.54, 1.807) is 37.4 Å². The lowest BCUT2D eigenvalue weighted by atomic mass is 9.98. The Bertz CT molecular complexity index is 1470. The molecule has 2 amide bonds. The van der Waals surface area contributed by atoms with E-state index in [4.69, 9.17) is 14.6 Å². The molecule has 3 aromatic rings. The van der Waals surface area contributed by atoms with Crippen molar-refractivity contribution in [2.45, 2.75) is 31.1 Å². The van der Waals surface area contributed by atoms with E-state index in [-0.39, 0.29) is 18.1 Å². The number of aliphatic imine (C=N–C) groups is 1. The van der Waals surface area contributed by atoms with E-state index in [9.17, 15) is 14.0 Å². The van der Waals surface area contributed by atoms with Gasteiger partial charge < -0.3 is 14.8 Å². The van der Waals surface area contributed by atoms with Gasteiger partial charge >= 0.3 is 0 Å². The van der Waals surface area contributed by atoms with Crippen molar-refractivity contribution in [1.29, 1.82) is 0 Å². The quantitative estimate of drug-likeness (QED) is 0.431. The lowest BCUT2D eigenvalue weighted by Crippen LogP contribution is -2.25. The first-order chi connectivity index (χ1) is 18.8. The van der Waals surface area contributed by atoms with Crippen LogP contribution < -0.4 is 14.8 Å². The summed E-state index contributed by atoms with van der Waals surface area (Å²) in [6, 6.07) is 18.7. The number of hydrogen-bond donors (Lipinski definition) is 1. The number of carbonyl (C=O) groups is 2. The maximum absolute atomic E-state index is 14.2. The van der Waals surface area contributed by atoms with Crippen molar-refractivity contribution < 1.29 is 23.5 Å². The van der Waals surface area contributed by atoms with Crippen molar-refractivity contribution >= 4 is 40.1 Å². The van der Waals surface area contributed by atoms with E-state index in [0.717, 1.165) is 11.1 Å². The maximum Gasteiger partial charge on any atom is 0.262 e. The molecule has 0 spiro atoms. The molecule has 0 fully saturated rings. The van der Waals surface area contributed by atoms with Crippen molar-refractivity contribution in [2.75, 3.05) is 19.5 Å². The van der Waals surface area contributed by atoms with Crippen LogP contribution in [0.2, 0.25) is 0 Å². The first-order valence-electron chi connectivity index (χ1n) is 12.3. The number of nitrogens with zero attached hydrogens (tertiary/aromatic N) is 3. The molecule has 0 aromatic heterocycles. The van der Waals surface area contributed by atoms with Crippen LogP contribution >= 0.6 is 11.8 Å². The summed E-state index contributed by atoms with van der Waals surface area (Å²) in [4.78, 5) is 29.8. The van der Waals surface area contributed by atoms with Crippen LogP contribution in [0.1, 0.15) is 35.6 Å². The molecule has 0 radical (unpaired) electrons. The smallest absolute Gasteiger partial charge is 0.262 e. The van der Waals surface area contributed by atoms with Gasteiger partial charge in [0, 0.05) is 24.1 Å². The monoisotopic (exact) mass is 546 g/mol. The second-order valence-corrected chi connectivity index (χ2v) is 10.4. The lowest BCUT2D eigenvalue weighted by molar-refractivity contribution is -0.121. The molecule has 200 valence electrons. The highest BCUT2D eigenvalue weighted by molar-refractivity contribution is 8.15. The SMILES string of the molecule is COc1ccc(OC)c(C2=NN(C3=NC(=O)[C@H](CC(=O)Nc4ccc(C)cc4)S3)[C@@H](c3cccc(F)c3)C2)c1. The van der Waals surface area contributed by atoms with Gasteiger partial charge in [-0.25, -0.2) is 9.40 Å². The number of methoxy groups -OCH3 is 2. The van der Waals surface area contributed by atoms with Gasteiger partial charge in [-0.05, 0) is 55.0 Å². The van der Waals surface area contributed by atoms with Crippen LogP contribution in [-0.4, -0.2) is 47.2 Å². The Hall–Kier alpha value is -4.18. The minimum absolute atomic E-state index is 0.0386. The van der Waals surface area contributed by atoms with E-state index in [1.807, 2.05) is 43.3 Å². The number of amides is 2. The van der Waals surface area contributed by atoms with Crippen LogP contribution in [0.4, 0.5) is 10.1 Å². The largest absolute Gasteiger partial charge is 0.497 e. The van der Waals surface area contributed by atoms with Crippen LogP contribution in [0.25, 0.3) is 0 Å². The van der Waals surface area contributed by atoms with Crippen LogP contribution in [0.5, 0.6) is 11.5 Å². The number of aryl methyl sites for hydroxylation is 1. The Kier molecular flexibility index (Phi) is 7.65. The molecule has 0 saturated carbocycles. The summed E-state index contributed by atoms with van der Waals surface area (Å²) in [5.74, 6) is 0.181. The summed E-state index contributed by atoms with van der Waals surface area (Å²) in [5, 5.41) is 8.97. The van der Waals surface area contributed by atoms with E-state index in [1.165, 1.54) is 23.9 Å². The number of nitrogens with one attached hydrogen (secondary N) is 1. The number of halogens is 1. The number of hydrogen-bond acceptors (Lipinski definition) is 7. The van der Waals surface area contributed by atoms with Crippen molar-refractivity contribution in [3.63, 3.8) is 0 Å². The predicted molar refractivity (Wildman–Crippen MR) is 150 cm³/mol. The van der Waals surface area contributed by atoms with Gasteiger partial charge in [-0.3, -0.25) is 9.59 Å². The first kappa shape index (κ1) is 26.4. The van der Waals surface area contributed by atoms with Crippen molar-refractivity contribution in [3.8, 4) is 11.5 Å². The van der Waals surface area contributed by atoms with Gasteiger partial charge in [0.1, 0.15) is 22.6 Å². The molecule has 3 aromatic carbocycles. The number of hydrazone groups is 1. The number of rotatable bonds is 7. The third-order valence-electron chi connectivity index (χ3n) is 6.49. The zero-order valence-corrected chi connectivity index (χ0v) is 22.5. The second kappa shape index (κ2) is 11.3. The summed E-state index contributed by atoms with van der Waals surface area (Å²) in [6.07, 6.45) is 0.377. The van der Waals surface area contributed by atoms with Gasteiger partial charge in [0.15, 0.2) is 5.17 Å². The molecular formula is C29H27FN4O4S. The third-order valence-corrected chi connectivity index (χ3v) is 7.63. The van der Waals surface area contributed by atoms with E-state index < -0.39 is 17.2 Å². The summed E-state index contributed by atoms with van der Waals surface area (Å²) in [5.41, 5.74) is 3.83. The average Bonchev–Trinajstić information content (AvgIpc) is 3.53. The molecule has 0 aliphatic carbocycles. The van der Waals surface area contributed by atoms with Gasteiger partial charge in [-0.1, -0.05) is 41.6 Å². The van der Waals surface area contributed by atoms with Crippen LogP contribution in [0.15, 0.2) is 76.8 Å². The molecule has 39 heavy (non-hydrogen) atoms. The molecule has 5 rings (SSSR count). The second-order valence-electron chi connectivity index (χ2n) is 9.19. The lowest BCUT2D eigenvalue weighted by Gasteiger charge is -2.23.